The SMILES string of the molecule is COc1cccc(C(=O)N(N)C(=O)OCI)c1C. The molecule has 2 N–H and O–H groups in total. The van der Waals surface area contributed by atoms with Crippen LogP contribution in [0.15, 0.2) is 18.2 Å². The largest absolute Gasteiger partial charge is 0.496 e. The fourth-order valence-corrected chi connectivity index (χ4v) is 1.66. The van der Waals surface area contributed by atoms with Crippen LogP contribution in [0.1, 0.15) is 15.9 Å². The summed E-state index contributed by atoms with van der Waals surface area (Å²) in [5.41, 5.74) is 0.907. The van der Waals surface area contributed by atoms with Crippen molar-refractivity contribution in [3.8, 4) is 5.75 Å². The molecule has 0 heterocycles. The number of nitrogens with zero attached hydrogens (tertiary/aromatic N) is 1. The number of amides is 2. The number of nitrogens with two attached hydrogens (primary N) is 1. The molecular weight excluding hydrogens is 351 g/mol. The molecule has 2 amide bonds. The van der Waals surface area contributed by atoms with E-state index < -0.39 is 12.0 Å². The molecule has 0 aliphatic rings. The first-order valence-corrected chi connectivity index (χ1v) is 6.51. The van der Waals surface area contributed by atoms with Crippen LogP contribution in [-0.2, 0) is 4.74 Å². The van der Waals surface area contributed by atoms with Gasteiger partial charge in [0.15, 0.2) is 0 Å². The topological polar surface area (TPSA) is 81.9 Å². The second kappa shape index (κ2) is 6.55. The van der Waals surface area contributed by atoms with Crippen molar-refractivity contribution >= 4 is 34.6 Å². The van der Waals surface area contributed by atoms with Crippen LogP contribution in [-0.4, -0.2) is 28.7 Å². The fourth-order valence-electron chi connectivity index (χ4n) is 1.40. The zero-order valence-electron chi connectivity index (χ0n) is 9.97. The highest BCUT2D eigenvalue weighted by molar-refractivity contribution is 14.1. The van der Waals surface area contributed by atoms with E-state index in [-0.39, 0.29) is 4.61 Å². The first-order chi connectivity index (χ1) is 8.52. The Hall–Kier alpha value is -1.35. The Kier molecular flexibility index (Phi) is 5.35. The lowest BCUT2D eigenvalue weighted by Gasteiger charge is -2.16. The first-order valence-electron chi connectivity index (χ1n) is 4.98. The Morgan fingerprint density at radius 2 is 2.11 bits per heavy atom. The van der Waals surface area contributed by atoms with Crippen molar-refractivity contribution in [1.82, 2.24) is 5.01 Å². The van der Waals surface area contributed by atoms with Gasteiger partial charge in [0.1, 0.15) is 10.4 Å². The third kappa shape index (κ3) is 3.10. The van der Waals surface area contributed by atoms with E-state index in [1.165, 1.54) is 7.11 Å². The van der Waals surface area contributed by atoms with Gasteiger partial charge in [-0.15, -0.1) is 0 Å². The maximum atomic E-state index is 12.0. The van der Waals surface area contributed by atoms with Crippen LogP contribution < -0.4 is 10.6 Å². The second-order valence-corrected chi connectivity index (χ2v) is 3.95. The van der Waals surface area contributed by atoms with Gasteiger partial charge in [-0.05, 0) is 41.6 Å². The maximum absolute atomic E-state index is 12.0. The molecule has 0 bridgehead atoms. The monoisotopic (exact) mass is 364 g/mol. The van der Waals surface area contributed by atoms with Crippen LogP contribution in [0.4, 0.5) is 4.79 Å². The average Bonchev–Trinajstić information content (AvgIpc) is 2.37. The summed E-state index contributed by atoms with van der Waals surface area (Å²) in [6, 6.07) is 4.93. The lowest BCUT2D eigenvalue weighted by atomic mass is 10.1. The Balaban J connectivity index is 3.00. The Labute approximate surface area is 118 Å². The summed E-state index contributed by atoms with van der Waals surface area (Å²) in [5, 5.41) is 0.445. The number of alkyl halides is 1. The molecule has 1 rings (SSSR count). The summed E-state index contributed by atoms with van der Waals surface area (Å²) in [4.78, 5) is 23.3. The molecule has 0 unspecified atom stereocenters. The summed E-state index contributed by atoms with van der Waals surface area (Å²) in [5.74, 6) is 5.32. The second-order valence-electron chi connectivity index (χ2n) is 3.33. The minimum absolute atomic E-state index is 0.120. The van der Waals surface area contributed by atoms with Crippen molar-refractivity contribution in [3.63, 3.8) is 0 Å². The zero-order chi connectivity index (χ0) is 13.7. The maximum Gasteiger partial charge on any atom is 0.432 e. The lowest BCUT2D eigenvalue weighted by molar-refractivity contribution is 0.0701. The van der Waals surface area contributed by atoms with Crippen molar-refractivity contribution in [2.75, 3.05) is 11.7 Å². The summed E-state index contributed by atoms with van der Waals surface area (Å²) >= 11 is 1.84. The molecule has 0 aliphatic heterocycles. The normalized spacial score (nSPS) is 9.78. The zero-order valence-corrected chi connectivity index (χ0v) is 12.1. The van der Waals surface area contributed by atoms with Gasteiger partial charge in [0.2, 0.25) is 0 Å². The van der Waals surface area contributed by atoms with Crippen LogP contribution in [0.3, 0.4) is 0 Å². The molecule has 0 saturated heterocycles. The number of benzene rings is 1. The molecule has 0 fully saturated rings. The molecule has 0 atom stereocenters. The lowest BCUT2D eigenvalue weighted by Crippen LogP contribution is -2.43. The average molecular weight is 364 g/mol. The molecule has 0 aliphatic carbocycles. The molecule has 1 aromatic rings. The number of halogens is 1. The van der Waals surface area contributed by atoms with Crippen LogP contribution >= 0.6 is 22.6 Å². The van der Waals surface area contributed by atoms with E-state index in [1.807, 2.05) is 22.6 Å². The quantitative estimate of drug-likeness (QED) is 0.291. The van der Waals surface area contributed by atoms with Gasteiger partial charge in [-0.1, -0.05) is 6.07 Å². The van der Waals surface area contributed by atoms with E-state index in [4.69, 9.17) is 10.6 Å². The smallest absolute Gasteiger partial charge is 0.432 e. The first kappa shape index (κ1) is 14.7. The van der Waals surface area contributed by atoms with E-state index >= 15 is 0 Å². The van der Waals surface area contributed by atoms with Gasteiger partial charge in [0.25, 0.3) is 5.91 Å². The number of imide groups is 1. The number of hydrazine groups is 1. The van der Waals surface area contributed by atoms with Crippen molar-refractivity contribution in [1.29, 1.82) is 0 Å². The van der Waals surface area contributed by atoms with Gasteiger partial charge in [-0.3, -0.25) is 4.79 Å². The number of rotatable bonds is 3. The third-order valence-corrected chi connectivity index (χ3v) is 2.64. The van der Waals surface area contributed by atoms with Gasteiger partial charge in [0.05, 0.1) is 7.11 Å². The van der Waals surface area contributed by atoms with Crippen molar-refractivity contribution in [2.45, 2.75) is 6.92 Å². The number of hydrogen-bond acceptors (Lipinski definition) is 5. The van der Waals surface area contributed by atoms with E-state index in [2.05, 4.69) is 4.74 Å². The van der Waals surface area contributed by atoms with E-state index in [0.29, 0.717) is 21.9 Å². The highest BCUT2D eigenvalue weighted by atomic mass is 127. The number of methoxy groups -OCH3 is 1. The van der Waals surface area contributed by atoms with Crippen molar-refractivity contribution < 1.29 is 19.1 Å². The number of carbonyl (C=O) groups is 2. The Morgan fingerprint density at radius 1 is 1.44 bits per heavy atom. The summed E-state index contributed by atoms with van der Waals surface area (Å²) in [6.07, 6.45) is -0.892. The van der Waals surface area contributed by atoms with Crippen LogP contribution in [0.25, 0.3) is 0 Å². The summed E-state index contributed by atoms with van der Waals surface area (Å²) < 4.78 is 9.85. The molecule has 98 valence electrons. The van der Waals surface area contributed by atoms with Gasteiger partial charge in [-0.25, -0.2) is 10.6 Å². The molecule has 18 heavy (non-hydrogen) atoms. The predicted octanol–water partition coefficient (Wildman–Crippen LogP) is 1.85. The Morgan fingerprint density at radius 3 is 2.67 bits per heavy atom. The summed E-state index contributed by atoms with van der Waals surface area (Å²) in [7, 11) is 1.50. The van der Waals surface area contributed by atoms with Crippen LogP contribution in [0, 0.1) is 6.92 Å². The van der Waals surface area contributed by atoms with Gasteiger partial charge in [0, 0.05) is 11.1 Å². The fraction of sp³-hybridized carbons (Fsp3) is 0.273. The Bertz CT molecular complexity index is 464. The molecule has 0 radical (unpaired) electrons. The van der Waals surface area contributed by atoms with E-state index in [0.717, 1.165) is 0 Å². The van der Waals surface area contributed by atoms with Crippen LogP contribution in [0.2, 0.25) is 0 Å². The van der Waals surface area contributed by atoms with Crippen molar-refractivity contribution in [2.24, 2.45) is 5.84 Å². The minimum Gasteiger partial charge on any atom is -0.496 e. The van der Waals surface area contributed by atoms with Gasteiger partial charge >= 0.3 is 6.09 Å². The van der Waals surface area contributed by atoms with Crippen molar-refractivity contribution in [3.05, 3.63) is 29.3 Å². The number of ether oxygens (including phenoxy) is 2. The van der Waals surface area contributed by atoms with Crippen LogP contribution in [0.5, 0.6) is 5.75 Å². The predicted molar refractivity (Wildman–Crippen MR) is 73.5 cm³/mol. The van der Waals surface area contributed by atoms with Gasteiger partial charge in [-0.2, -0.15) is 5.01 Å². The minimum atomic E-state index is -0.892. The third-order valence-electron chi connectivity index (χ3n) is 2.33. The molecule has 1 aromatic carbocycles. The summed E-state index contributed by atoms with van der Waals surface area (Å²) in [6.45, 7) is 1.71. The van der Waals surface area contributed by atoms with E-state index in [9.17, 15) is 9.59 Å². The highest BCUT2D eigenvalue weighted by Gasteiger charge is 2.23. The van der Waals surface area contributed by atoms with Gasteiger partial charge < -0.3 is 9.47 Å². The standard InChI is InChI=1S/C11H13IN2O4/c1-7-8(4-3-5-9(7)17-2)10(15)14(13)11(16)18-6-12/h3-5H,6,13H2,1-2H3. The molecular formula is C11H13IN2O4. The number of hydrogen-bond donors (Lipinski definition) is 1. The molecule has 7 heteroatoms. The molecule has 0 aromatic heterocycles. The molecule has 0 saturated carbocycles. The highest BCUT2D eigenvalue weighted by Crippen LogP contribution is 2.21. The molecule has 6 nitrogen and oxygen atoms in total. The van der Waals surface area contributed by atoms with E-state index in [1.54, 1.807) is 25.1 Å². The molecule has 0 spiro atoms. The number of carbonyl (C=O) groups excluding carboxylic acids is 2.